The average Bonchev–Trinajstić information content (AvgIpc) is 3.54. The summed E-state index contributed by atoms with van der Waals surface area (Å²) in [6.07, 6.45) is 19.1. The van der Waals surface area contributed by atoms with E-state index < -0.39 is 11.9 Å². The Kier molecular flexibility index (Phi) is 11.3. The van der Waals surface area contributed by atoms with E-state index >= 15 is 0 Å². The van der Waals surface area contributed by atoms with Gasteiger partial charge in [0.1, 0.15) is 5.82 Å². The summed E-state index contributed by atoms with van der Waals surface area (Å²) in [7, 11) is 0. The topological polar surface area (TPSA) is 37.3 Å². The molecular weight excluding hydrogens is 363 g/mol. The minimum absolute atomic E-state index is 0.195. The molecule has 1 saturated carbocycles. The van der Waals surface area contributed by atoms with Crippen molar-refractivity contribution in [1.29, 1.82) is 0 Å². The molecule has 0 bridgehead atoms. The molecule has 3 heteroatoms. The number of rotatable bonds is 17. The van der Waals surface area contributed by atoms with Crippen LogP contribution in [0.1, 0.15) is 115 Å². The van der Waals surface area contributed by atoms with Gasteiger partial charge in [-0.1, -0.05) is 96.1 Å². The molecule has 2 atom stereocenters. The highest BCUT2D eigenvalue weighted by molar-refractivity contribution is 5.76. The van der Waals surface area contributed by atoms with Crippen molar-refractivity contribution in [1.82, 2.24) is 0 Å². The largest absolute Gasteiger partial charge is 0.481 e. The number of aliphatic carboxylic acids is 1. The Bertz CT molecular complexity index is 565. The Morgan fingerprint density at radius 1 is 0.897 bits per heavy atom. The highest BCUT2D eigenvalue weighted by atomic mass is 19.1. The van der Waals surface area contributed by atoms with Crippen LogP contribution in [-0.4, -0.2) is 11.1 Å². The number of carbonyl (C=O) groups is 1. The summed E-state index contributed by atoms with van der Waals surface area (Å²) in [5.74, 6) is -0.819. The van der Waals surface area contributed by atoms with Crippen LogP contribution in [0.15, 0.2) is 24.3 Å². The lowest BCUT2D eigenvalue weighted by atomic mass is 9.79. The summed E-state index contributed by atoms with van der Waals surface area (Å²) in [6, 6.07) is 6.09. The fourth-order valence-corrected chi connectivity index (χ4v) is 4.66. The Labute approximate surface area is 177 Å². The van der Waals surface area contributed by atoms with Gasteiger partial charge in [0.05, 0.1) is 5.92 Å². The van der Waals surface area contributed by atoms with Crippen LogP contribution in [0.5, 0.6) is 0 Å². The number of benzene rings is 1. The fraction of sp³-hybridized carbons (Fsp3) is 0.731. The van der Waals surface area contributed by atoms with Crippen molar-refractivity contribution in [3.63, 3.8) is 0 Å². The summed E-state index contributed by atoms with van der Waals surface area (Å²) >= 11 is 0. The van der Waals surface area contributed by atoms with Crippen LogP contribution in [0.25, 0.3) is 0 Å². The van der Waals surface area contributed by atoms with E-state index in [1.54, 1.807) is 12.1 Å². The van der Waals surface area contributed by atoms with Gasteiger partial charge in [-0.05, 0) is 48.8 Å². The maximum absolute atomic E-state index is 13.2. The number of unbranched alkanes of at least 4 members (excludes halogenated alkanes) is 11. The zero-order valence-electron chi connectivity index (χ0n) is 18.4. The Morgan fingerprint density at radius 3 is 1.83 bits per heavy atom. The average molecular weight is 405 g/mol. The minimum Gasteiger partial charge on any atom is -0.481 e. The second-order valence-electron chi connectivity index (χ2n) is 9.05. The quantitative estimate of drug-likeness (QED) is 0.266. The molecule has 2 nitrogen and oxygen atoms in total. The number of carboxylic acids is 1. The van der Waals surface area contributed by atoms with Gasteiger partial charge in [0, 0.05) is 0 Å². The molecule has 0 saturated heterocycles. The van der Waals surface area contributed by atoms with Gasteiger partial charge in [-0.2, -0.15) is 0 Å². The minimum atomic E-state index is -0.757. The second kappa shape index (κ2) is 13.8. The monoisotopic (exact) mass is 404 g/mol. The predicted octanol–water partition coefficient (Wildman–Crippen LogP) is 8.11. The second-order valence-corrected chi connectivity index (χ2v) is 9.05. The highest BCUT2D eigenvalue weighted by Gasteiger charge is 2.40. The molecule has 0 heterocycles. The highest BCUT2D eigenvalue weighted by Crippen LogP contribution is 2.46. The van der Waals surface area contributed by atoms with Crippen molar-refractivity contribution >= 4 is 5.97 Å². The van der Waals surface area contributed by atoms with Crippen LogP contribution in [0.3, 0.4) is 0 Å². The normalized spacial score (nSPS) is 15.9. The van der Waals surface area contributed by atoms with Crippen LogP contribution in [0, 0.1) is 17.7 Å². The molecule has 1 aromatic rings. The lowest BCUT2D eigenvalue weighted by Gasteiger charge is -2.24. The van der Waals surface area contributed by atoms with Gasteiger partial charge in [-0.3, -0.25) is 4.79 Å². The third-order valence-electron chi connectivity index (χ3n) is 6.54. The first-order valence-electron chi connectivity index (χ1n) is 12.1. The summed E-state index contributed by atoms with van der Waals surface area (Å²) in [5.41, 5.74) is 0.759. The standard InChI is InChI=1S/C26H41FO2/c1-2-3-4-5-6-7-8-9-10-11-12-13-14-24(21-15-16-21)25(26(28)29)22-17-19-23(27)20-18-22/h17-21,24-25H,2-16H2,1H3,(H,28,29). The summed E-state index contributed by atoms with van der Waals surface area (Å²) in [5, 5.41) is 9.84. The molecule has 1 fully saturated rings. The van der Waals surface area contributed by atoms with Crippen molar-refractivity contribution in [3.8, 4) is 0 Å². The first kappa shape index (κ1) is 23.9. The molecular formula is C26H41FO2. The Balaban J connectivity index is 1.64. The number of halogens is 1. The molecule has 1 aliphatic rings. The van der Waals surface area contributed by atoms with E-state index in [1.807, 2.05) is 0 Å². The van der Waals surface area contributed by atoms with E-state index in [2.05, 4.69) is 6.92 Å². The summed E-state index contributed by atoms with van der Waals surface area (Å²) in [4.78, 5) is 12.0. The molecule has 1 aliphatic carbocycles. The fourth-order valence-electron chi connectivity index (χ4n) is 4.66. The lowest BCUT2D eigenvalue weighted by Crippen LogP contribution is -2.23. The van der Waals surface area contributed by atoms with Crippen LogP contribution >= 0.6 is 0 Å². The number of hydrogen-bond donors (Lipinski definition) is 1. The number of hydrogen-bond acceptors (Lipinski definition) is 1. The van der Waals surface area contributed by atoms with E-state index in [4.69, 9.17) is 0 Å². The maximum atomic E-state index is 13.2. The number of carboxylic acid groups (broad SMARTS) is 1. The maximum Gasteiger partial charge on any atom is 0.311 e. The molecule has 0 radical (unpaired) electrons. The first-order valence-corrected chi connectivity index (χ1v) is 12.1. The van der Waals surface area contributed by atoms with Crippen molar-refractivity contribution < 1.29 is 14.3 Å². The zero-order valence-corrected chi connectivity index (χ0v) is 18.4. The molecule has 2 rings (SSSR count). The molecule has 2 unspecified atom stereocenters. The predicted molar refractivity (Wildman–Crippen MR) is 119 cm³/mol. The van der Waals surface area contributed by atoms with Crippen LogP contribution < -0.4 is 0 Å². The van der Waals surface area contributed by atoms with Crippen LogP contribution in [0.2, 0.25) is 0 Å². The summed E-state index contributed by atoms with van der Waals surface area (Å²) < 4.78 is 13.2. The van der Waals surface area contributed by atoms with Crippen molar-refractivity contribution in [2.24, 2.45) is 11.8 Å². The Morgan fingerprint density at radius 2 is 1.38 bits per heavy atom. The molecule has 164 valence electrons. The van der Waals surface area contributed by atoms with Gasteiger partial charge in [0.25, 0.3) is 0 Å². The Hall–Kier alpha value is -1.38. The molecule has 0 aromatic heterocycles. The first-order chi connectivity index (χ1) is 14.1. The van der Waals surface area contributed by atoms with Gasteiger partial charge < -0.3 is 5.11 Å². The summed E-state index contributed by atoms with van der Waals surface area (Å²) in [6.45, 7) is 2.26. The molecule has 0 amide bonds. The van der Waals surface area contributed by atoms with E-state index in [0.29, 0.717) is 5.92 Å². The van der Waals surface area contributed by atoms with E-state index in [-0.39, 0.29) is 11.7 Å². The van der Waals surface area contributed by atoms with Crippen molar-refractivity contribution in [2.75, 3.05) is 0 Å². The zero-order chi connectivity index (χ0) is 20.9. The molecule has 0 spiro atoms. The van der Waals surface area contributed by atoms with Gasteiger partial charge in [-0.15, -0.1) is 0 Å². The van der Waals surface area contributed by atoms with E-state index in [1.165, 1.54) is 82.8 Å². The molecule has 1 aromatic carbocycles. The van der Waals surface area contributed by atoms with Crippen molar-refractivity contribution in [3.05, 3.63) is 35.6 Å². The molecule has 29 heavy (non-hydrogen) atoms. The van der Waals surface area contributed by atoms with Gasteiger partial charge in [-0.25, -0.2) is 4.39 Å². The molecule has 0 aliphatic heterocycles. The van der Waals surface area contributed by atoms with Crippen LogP contribution in [-0.2, 0) is 4.79 Å². The van der Waals surface area contributed by atoms with Crippen LogP contribution in [0.4, 0.5) is 4.39 Å². The third kappa shape index (κ3) is 9.31. The van der Waals surface area contributed by atoms with Gasteiger partial charge >= 0.3 is 5.97 Å². The van der Waals surface area contributed by atoms with E-state index in [9.17, 15) is 14.3 Å². The lowest BCUT2D eigenvalue weighted by molar-refractivity contribution is -0.140. The third-order valence-corrected chi connectivity index (χ3v) is 6.54. The smallest absolute Gasteiger partial charge is 0.311 e. The van der Waals surface area contributed by atoms with Gasteiger partial charge in [0.15, 0.2) is 0 Å². The molecule has 1 N–H and O–H groups in total. The van der Waals surface area contributed by atoms with Gasteiger partial charge in [0.2, 0.25) is 0 Å². The SMILES string of the molecule is CCCCCCCCCCCCCCC(C1CC1)C(C(=O)O)c1ccc(F)cc1. The van der Waals surface area contributed by atoms with Crippen molar-refractivity contribution in [2.45, 2.75) is 109 Å². The van der Waals surface area contributed by atoms with E-state index in [0.717, 1.165) is 31.2 Å².